The predicted octanol–water partition coefficient (Wildman–Crippen LogP) is 4.04. The summed E-state index contributed by atoms with van der Waals surface area (Å²) in [7, 11) is 1.97. The Labute approximate surface area is 127 Å². The van der Waals surface area contributed by atoms with Crippen molar-refractivity contribution in [2.75, 3.05) is 13.6 Å². The van der Waals surface area contributed by atoms with E-state index in [-0.39, 0.29) is 0 Å². The predicted molar refractivity (Wildman–Crippen MR) is 83.8 cm³/mol. The summed E-state index contributed by atoms with van der Waals surface area (Å²) in [6.45, 7) is 0.916. The number of aromatic nitrogens is 1. The molecule has 0 aliphatic carbocycles. The molecule has 1 heterocycles. The molecule has 2 aromatic rings. The fraction of sp³-hybridized carbons (Fsp3) is 0.267. The summed E-state index contributed by atoms with van der Waals surface area (Å²) in [5.74, 6) is 0.399. The maximum absolute atomic E-state index is 5.94. The third-order valence-corrected chi connectivity index (χ3v) is 3.76. The van der Waals surface area contributed by atoms with Gasteiger partial charge in [0, 0.05) is 33.8 Å². The van der Waals surface area contributed by atoms with Gasteiger partial charge in [0.25, 0.3) is 0 Å². The summed E-state index contributed by atoms with van der Waals surface area (Å²) >= 11 is 9.34. The van der Waals surface area contributed by atoms with Gasteiger partial charge in [-0.25, -0.2) is 0 Å². The molecule has 1 aromatic heterocycles. The van der Waals surface area contributed by atoms with Gasteiger partial charge in [-0.2, -0.15) is 0 Å². The Morgan fingerprint density at radius 2 is 1.95 bits per heavy atom. The number of benzene rings is 1. The minimum Gasteiger partial charge on any atom is -0.319 e. The summed E-state index contributed by atoms with van der Waals surface area (Å²) in [6, 6.07) is 12.1. The van der Waals surface area contributed by atoms with E-state index in [1.54, 1.807) is 0 Å². The van der Waals surface area contributed by atoms with Gasteiger partial charge in [0.1, 0.15) is 0 Å². The standard InChI is InChI=1S/C15H16BrClN2/c1-18-9-12(11-2-5-14(17)6-3-11)8-15-7-4-13(16)10-19-15/h2-7,10,12,18H,8-9H2,1H3. The van der Waals surface area contributed by atoms with Gasteiger partial charge >= 0.3 is 0 Å². The molecule has 0 aliphatic heterocycles. The molecular weight excluding hydrogens is 324 g/mol. The van der Waals surface area contributed by atoms with Gasteiger partial charge in [0.05, 0.1) is 0 Å². The molecule has 1 N–H and O–H groups in total. The third kappa shape index (κ3) is 4.30. The van der Waals surface area contributed by atoms with Crippen LogP contribution in [0.4, 0.5) is 0 Å². The first-order valence-electron chi connectivity index (χ1n) is 6.19. The highest BCUT2D eigenvalue weighted by molar-refractivity contribution is 9.10. The number of hydrogen-bond acceptors (Lipinski definition) is 2. The van der Waals surface area contributed by atoms with Crippen molar-refractivity contribution < 1.29 is 0 Å². The van der Waals surface area contributed by atoms with E-state index >= 15 is 0 Å². The van der Waals surface area contributed by atoms with Crippen LogP contribution in [-0.4, -0.2) is 18.6 Å². The van der Waals surface area contributed by atoms with Gasteiger partial charge in [-0.15, -0.1) is 0 Å². The highest BCUT2D eigenvalue weighted by Gasteiger charge is 2.12. The molecule has 0 amide bonds. The second-order valence-electron chi connectivity index (χ2n) is 4.48. The molecule has 0 saturated heterocycles. The Kier molecular flexibility index (Phi) is 5.37. The van der Waals surface area contributed by atoms with Gasteiger partial charge in [-0.1, -0.05) is 23.7 Å². The van der Waals surface area contributed by atoms with Crippen LogP contribution in [0.25, 0.3) is 0 Å². The van der Waals surface area contributed by atoms with E-state index in [0.29, 0.717) is 5.92 Å². The van der Waals surface area contributed by atoms with Crippen molar-refractivity contribution in [2.24, 2.45) is 0 Å². The molecule has 4 heteroatoms. The number of likely N-dealkylation sites (N-methyl/N-ethyl adjacent to an activating group) is 1. The van der Waals surface area contributed by atoms with Gasteiger partial charge in [0.2, 0.25) is 0 Å². The molecule has 1 unspecified atom stereocenters. The summed E-state index contributed by atoms with van der Waals surface area (Å²) in [5, 5.41) is 4.01. The third-order valence-electron chi connectivity index (χ3n) is 3.04. The zero-order chi connectivity index (χ0) is 13.7. The Bertz CT molecular complexity index is 511. The molecule has 1 atom stereocenters. The minimum absolute atomic E-state index is 0.399. The van der Waals surface area contributed by atoms with Crippen LogP contribution in [0.1, 0.15) is 17.2 Å². The first kappa shape index (κ1) is 14.5. The van der Waals surface area contributed by atoms with E-state index in [4.69, 9.17) is 11.6 Å². The van der Waals surface area contributed by atoms with E-state index in [9.17, 15) is 0 Å². The first-order valence-corrected chi connectivity index (χ1v) is 7.36. The van der Waals surface area contributed by atoms with Crippen molar-refractivity contribution in [3.63, 3.8) is 0 Å². The summed E-state index contributed by atoms with van der Waals surface area (Å²) in [4.78, 5) is 4.44. The van der Waals surface area contributed by atoms with E-state index in [1.807, 2.05) is 31.4 Å². The highest BCUT2D eigenvalue weighted by Crippen LogP contribution is 2.22. The van der Waals surface area contributed by atoms with Crippen LogP contribution in [0.5, 0.6) is 0 Å². The quantitative estimate of drug-likeness (QED) is 0.889. The van der Waals surface area contributed by atoms with Gasteiger partial charge in [0.15, 0.2) is 0 Å². The fourth-order valence-electron chi connectivity index (χ4n) is 2.07. The van der Waals surface area contributed by atoms with Gasteiger partial charge in [-0.3, -0.25) is 4.98 Å². The summed E-state index contributed by atoms with van der Waals surface area (Å²) in [6.07, 6.45) is 2.75. The molecular formula is C15H16BrClN2. The molecule has 2 rings (SSSR count). The molecule has 19 heavy (non-hydrogen) atoms. The zero-order valence-corrected chi connectivity index (χ0v) is 13.1. The van der Waals surface area contributed by atoms with E-state index in [1.165, 1.54) is 5.56 Å². The minimum atomic E-state index is 0.399. The van der Waals surface area contributed by atoms with Crippen LogP contribution in [0.15, 0.2) is 47.1 Å². The van der Waals surface area contributed by atoms with Crippen LogP contribution in [0.2, 0.25) is 5.02 Å². The van der Waals surface area contributed by atoms with E-state index in [0.717, 1.165) is 28.2 Å². The molecule has 0 aliphatic rings. The average Bonchev–Trinajstić information content (AvgIpc) is 2.42. The molecule has 0 fully saturated rings. The molecule has 2 nitrogen and oxygen atoms in total. The Hall–Kier alpha value is -0.900. The summed E-state index contributed by atoms with van der Waals surface area (Å²) in [5.41, 5.74) is 2.38. The van der Waals surface area contributed by atoms with Crippen molar-refractivity contribution in [2.45, 2.75) is 12.3 Å². The average molecular weight is 340 g/mol. The van der Waals surface area contributed by atoms with Crippen molar-refractivity contribution in [3.05, 3.63) is 63.3 Å². The van der Waals surface area contributed by atoms with Crippen LogP contribution >= 0.6 is 27.5 Å². The Morgan fingerprint density at radius 3 is 2.53 bits per heavy atom. The summed E-state index contributed by atoms with van der Waals surface area (Å²) < 4.78 is 1.01. The second kappa shape index (κ2) is 7.04. The molecule has 0 bridgehead atoms. The molecule has 1 aromatic carbocycles. The second-order valence-corrected chi connectivity index (χ2v) is 5.83. The maximum Gasteiger partial charge on any atom is 0.0413 e. The largest absolute Gasteiger partial charge is 0.319 e. The number of nitrogens with zero attached hydrogens (tertiary/aromatic N) is 1. The lowest BCUT2D eigenvalue weighted by molar-refractivity contribution is 0.618. The van der Waals surface area contributed by atoms with Crippen molar-refractivity contribution in [1.29, 1.82) is 0 Å². The van der Waals surface area contributed by atoms with Crippen LogP contribution < -0.4 is 5.32 Å². The topological polar surface area (TPSA) is 24.9 Å². The van der Waals surface area contributed by atoms with Crippen LogP contribution in [-0.2, 0) is 6.42 Å². The lowest BCUT2D eigenvalue weighted by Gasteiger charge is -2.17. The SMILES string of the molecule is CNCC(Cc1ccc(Br)cn1)c1ccc(Cl)cc1. The lowest BCUT2D eigenvalue weighted by atomic mass is 9.94. The zero-order valence-electron chi connectivity index (χ0n) is 10.7. The molecule has 0 radical (unpaired) electrons. The van der Waals surface area contributed by atoms with Crippen molar-refractivity contribution in [3.8, 4) is 0 Å². The Morgan fingerprint density at radius 1 is 1.21 bits per heavy atom. The molecule has 0 saturated carbocycles. The first-order chi connectivity index (χ1) is 9.19. The number of hydrogen-bond donors (Lipinski definition) is 1. The smallest absolute Gasteiger partial charge is 0.0413 e. The van der Waals surface area contributed by atoms with Crippen molar-refractivity contribution in [1.82, 2.24) is 10.3 Å². The van der Waals surface area contributed by atoms with Crippen LogP contribution in [0, 0.1) is 0 Å². The number of nitrogens with one attached hydrogen (secondary N) is 1. The van der Waals surface area contributed by atoms with E-state index < -0.39 is 0 Å². The number of halogens is 2. The fourth-order valence-corrected chi connectivity index (χ4v) is 2.43. The van der Waals surface area contributed by atoms with E-state index in [2.05, 4.69) is 44.4 Å². The highest BCUT2D eigenvalue weighted by atomic mass is 79.9. The normalized spacial score (nSPS) is 12.4. The maximum atomic E-state index is 5.94. The number of rotatable bonds is 5. The van der Waals surface area contributed by atoms with Gasteiger partial charge in [-0.05, 0) is 59.2 Å². The van der Waals surface area contributed by atoms with Crippen molar-refractivity contribution >= 4 is 27.5 Å². The number of pyridine rings is 1. The monoisotopic (exact) mass is 338 g/mol. The molecule has 100 valence electrons. The lowest BCUT2D eigenvalue weighted by Crippen LogP contribution is -2.19. The van der Waals surface area contributed by atoms with Crippen LogP contribution in [0.3, 0.4) is 0 Å². The molecule has 0 spiro atoms. The van der Waals surface area contributed by atoms with Gasteiger partial charge < -0.3 is 5.32 Å². The Balaban J connectivity index is 2.15.